The van der Waals surface area contributed by atoms with Crippen LogP contribution in [0, 0.1) is 5.92 Å². The highest BCUT2D eigenvalue weighted by Crippen LogP contribution is 2.24. The molecule has 0 aromatic carbocycles. The minimum absolute atomic E-state index is 0.0274. The van der Waals surface area contributed by atoms with Crippen molar-refractivity contribution in [1.82, 2.24) is 9.97 Å². The molecule has 1 fully saturated rings. The van der Waals surface area contributed by atoms with Crippen LogP contribution in [0.2, 0.25) is 0 Å². The Kier molecular flexibility index (Phi) is 3.88. The molecule has 1 N–H and O–H groups in total. The lowest BCUT2D eigenvalue weighted by molar-refractivity contribution is -0.117. The Hall–Kier alpha value is -0.820. The number of H-pyrrole nitrogens is 1. The molecule has 0 bridgehead atoms. The van der Waals surface area contributed by atoms with Crippen LogP contribution in [0.5, 0.6) is 0 Å². The summed E-state index contributed by atoms with van der Waals surface area (Å²) >= 11 is 4.72. The third kappa shape index (κ3) is 2.71. The van der Waals surface area contributed by atoms with Crippen molar-refractivity contribution in [3.05, 3.63) is 16.4 Å². The molecule has 1 atom stereocenters. The van der Waals surface area contributed by atoms with E-state index < -0.39 is 0 Å². The average Bonchev–Trinajstić information content (AvgIpc) is 2.69. The normalized spacial score (nSPS) is 20.0. The van der Waals surface area contributed by atoms with Gasteiger partial charge in [-0.1, -0.05) is 27.7 Å². The number of aromatic amines is 1. The molecule has 1 amide bonds. The van der Waals surface area contributed by atoms with Crippen molar-refractivity contribution in [2.45, 2.75) is 11.6 Å². The predicted octanol–water partition coefficient (Wildman–Crippen LogP) is 1.24. The Labute approximate surface area is 111 Å². The number of alkyl halides is 1. The lowest BCUT2D eigenvalue weighted by Gasteiger charge is -2.15. The highest BCUT2D eigenvalue weighted by Gasteiger charge is 2.30. The summed E-state index contributed by atoms with van der Waals surface area (Å²) in [6, 6.07) is 1.37. The van der Waals surface area contributed by atoms with Gasteiger partial charge in [-0.25, -0.2) is 4.98 Å². The van der Waals surface area contributed by atoms with Gasteiger partial charge in [-0.15, -0.1) is 0 Å². The fraction of sp³-hybridized carbons (Fsp3) is 0.500. The number of nitrogens with one attached hydrogen (secondary N) is 1. The van der Waals surface area contributed by atoms with E-state index in [9.17, 15) is 9.59 Å². The van der Waals surface area contributed by atoms with E-state index in [0.717, 1.165) is 5.33 Å². The van der Waals surface area contributed by atoms with Crippen LogP contribution >= 0.6 is 27.7 Å². The maximum absolute atomic E-state index is 11.8. The van der Waals surface area contributed by atoms with Crippen LogP contribution in [-0.2, 0) is 4.79 Å². The number of anilines is 1. The van der Waals surface area contributed by atoms with Gasteiger partial charge in [-0.05, 0) is 12.2 Å². The summed E-state index contributed by atoms with van der Waals surface area (Å²) in [7, 11) is 0. The molecule has 7 heteroatoms. The average molecular weight is 318 g/mol. The summed E-state index contributed by atoms with van der Waals surface area (Å²) in [6.07, 6.45) is 2.34. The predicted molar refractivity (Wildman–Crippen MR) is 70.9 cm³/mol. The first-order valence-corrected chi connectivity index (χ1v) is 7.50. The highest BCUT2D eigenvalue weighted by atomic mass is 79.9. The number of hydrogen-bond donors (Lipinski definition) is 1. The molecule has 1 aromatic heterocycles. The van der Waals surface area contributed by atoms with E-state index >= 15 is 0 Å². The maximum atomic E-state index is 11.8. The molecule has 0 spiro atoms. The Morgan fingerprint density at radius 3 is 3.00 bits per heavy atom. The van der Waals surface area contributed by atoms with Crippen LogP contribution in [0.15, 0.2) is 16.0 Å². The van der Waals surface area contributed by atoms with Crippen LogP contribution in [0.25, 0.3) is 0 Å². The number of thioether (sulfide) groups is 1. The number of rotatable bonds is 3. The Morgan fingerprint density at radius 2 is 2.41 bits per heavy atom. The summed E-state index contributed by atoms with van der Waals surface area (Å²) in [4.78, 5) is 31.7. The van der Waals surface area contributed by atoms with Crippen molar-refractivity contribution >= 4 is 39.4 Å². The van der Waals surface area contributed by atoms with Crippen LogP contribution in [-0.4, -0.2) is 34.0 Å². The largest absolute Gasteiger partial charge is 0.301 e. The molecule has 0 aliphatic carbocycles. The maximum Gasteiger partial charge on any atom is 0.253 e. The van der Waals surface area contributed by atoms with E-state index in [-0.39, 0.29) is 11.5 Å². The van der Waals surface area contributed by atoms with E-state index in [4.69, 9.17) is 0 Å². The lowest BCUT2D eigenvalue weighted by Crippen LogP contribution is -2.27. The Bertz CT molecular complexity index is 491. The van der Waals surface area contributed by atoms with Gasteiger partial charge in [-0.2, -0.15) is 0 Å². The highest BCUT2D eigenvalue weighted by molar-refractivity contribution is 9.09. The molecular weight excluding hydrogens is 306 g/mol. The monoisotopic (exact) mass is 317 g/mol. The lowest BCUT2D eigenvalue weighted by atomic mass is 10.2. The molecular formula is C10H12BrN3O2S. The molecule has 1 aliphatic heterocycles. The molecule has 0 radical (unpaired) electrons. The Balaban J connectivity index is 2.31. The van der Waals surface area contributed by atoms with Crippen molar-refractivity contribution in [3.8, 4) is 0 Å². The quantitative estimate of drug-likeness (QED) is 0.517. The summed E-state index contributed by atoms with van der Waals surface area (Å²) < 4.78 is 0. The van der Waals surface area contributed by atoms with Gasteiger partial charge in [0.2, 0.25) is 5.91 Å². The van der Waals surface area contributed by atoms with Gasteiger partial charge < -0.3 is 4.98 Å². The fourth-order valence-electron chi connectivity index (χ4n) is 1.76. The van der Waals surface area contributed by atoms with Gasteiger partial charge in [0.1, 0.15) is 5.82 Å². The SMILES string of the molecule is CSc1nc(N2CC(CBr)CC2=O)cc(=O)[nH]1. The summed E-state index contributed by atoms with van der Waals surface area (Å²) in [5, 5.41) is 1.32. The van der Waals surface area contributed by atoms with E-state index in [1.807, 2.05) is 6.26 Å². The molecule has 1 unspecified atom stereocenters. The number of amides is 1. The molecule has 2 rings (SSSR count). The molecule has 5 nitrogen and oxygen atoms in total. The Morgan fingerprint density at radius 1 is 1.65 bits per heavy atom. The molecule has 92 valence electrons. The first-order chi connectivity index (χ1) is 8.13. The first-order valence-electron chi connectivity index (χ1n) is 5.15. The van der Waals surface area contributed by atoms with E-state index in [1.54, 1.807) is 4.90 Å². The van der Waals surface area contributed by atoms with Gasteiger partial charge in [0, 0.05) is 24.4 Å². The van der Waals surface area contributed by atoms with Crippen LogP contribution < -0.4 is 10.5 Å². The summed E-state index contributed by atoms with van der Waals surface area (Å²) in [5.41, 5.74) is -0.227. The molecule has 2 heterocycles. The van der Waals surface area contributed by atoms with Crippen molar-refractivity contribution < 1.29 is 4.79 Å². The van der Waals surface area contributed by atoms with Crippen molar-refractivity contribution in [3.63, 3.8) is 0 Å². The summed E-state index contributed by atoms with van der Waals surface area (Å²) in [6.45, 7) is 0.619. The standard InChI is InChI=1S/C10H12BrN3O2S/c1-17-10-12-7(3-8(15)13-10)14-5-6(4-11)2-9(14)16/h3,6H,2,4-5H2,1H3,(H,12,13,15). The number of carbonyl (C=O) groups excluding carboxylic acids is 1. The van der Waals surface area contributed by atoms with E-state index in [2.05, 4.69) is 25.9 Å². The second kappa shape index (κ2) is 5.22. The van der Waals surface area contributed by atoms with Crippen LogP contribution in [0.4, 0.5) is 5.82 Å². The summed E-state index contributed by atoms with van der Waals surface area (Å²) in [5.74, 6) is 0.771. The van der Waals surface area contributed by atoms with Crippen molar-refractivity contribution in [1.29, 1.82) is 0 Å². The van der Waals surface area contributed by atoms with Crippen LogP contribution in [0.3, 0.4) is 0 Å². The van der Waals surface area contributed by atoms with E-state index in [0.29, 0.717) is 29.9 Å². The van der Waals surface area contributed by atoms with Gasteiger partial charge in [0.25, 0.3) is 5.56 Å². The first kappa shape index (κ1) is 12.6. The number of hydrogen-bond acceptors (Lipinski definition) is 4. The number of halogens is 1. The molecule has 17 heavy (non-hydrogen) atoms. The zero-order chi connectivity index (χ0) is 12.4. The minimum Gasteiger partial charge on any atom is -0.301 e. The van der Waals surface area contributed by atoms with Crippen molar-refractivity contribution in [2.24, 2.45) is 5.92 Å². The smallest absolute Gasteiger partial charge is 0.253 e. The third-order valence-corrected chi connectivity index (χ3v) is 4.10. The van der Waals surface area contributed by atoms with E-state index in [1.165, 1.54) is 17.8 Å². The van der Waals surface area contributed by atoms with Gasteiger partial charge in [-0.3, -0.25) is 14.5 Å². The van der Waals surface area contributed by atoms with Crippen LogP contribution in [0.1, 0.15) is 6.42 Å². The van der Waals surface area contributed by atoms with Gasteiger partial charge >= 0.3 is 0 Å². The molecule has 1 aromatic rings. The number of carbonyl (C=O) groups is 1. The number of nitrogens with zero attached hydrogens (tertiary/aromatic N) is 2. The zero-order valence-corrected chi connectivity index (χ0v) is 11.7. The zero-order valence-electron chi connectivity index (χ0n) is 9.27. The minimum atomic E-state index is -0.227. The topological polar surface area (TPSA) is 66.1 Å². The van der Waals surface area contributed by atoms with Gasteiger partial charge in [0.15, 0.2) is 5.16 Å². The number of aromatic nitrogens is 2. The molecule has 0 saturated carbocycles. The molecule has 1 aliphatic rings. The molecule has 1 saturated heterocycles. The second-order valence-corrected chi connectivity index (χ2v) is 5.28. The second-order valence-electron chi connectivity index (χ2n) is 3.84. The fourth-order valence-corrected chi connectivity index (χ4v) is 2.59. The van der Waals surface area contributed by atoms with Crippen molar-refractivity contribution in [2.75, 3.05) is 23.0 Å². The third-order valence-electron chi connectivity index (χ3n) is 2.60. The van der Waals surface area contributed by atoms with Gasteiger partial charge in [0.05, 0.1) is 0 Å².